The third-order valence-electron chi connectivity index (χ3n) is 4.12. The Morgan fingerprint density at radius 1 is 1.29 bits per heavy atom. The SMILES string of the molecule is COCCOC(=O)[C@@H]1CC(O)CN1S(=O)(=O)c1ccc(C)c(C)c1. The molecule has 1 N–H and O–H groups in total. The number of β-amino-alcohol motifs (C(OH)–C–C–N with tert-alkyl or cyclic N) is 1. The van der Waals surface area contributed by atoms with Crippen LogP contribution in [0.3, 0.4) is 0 Å². The van der Waals surface area contributed by atoms with Crippen LogP contribution in [0.25, 0.3) is 0 Å². The number of carbonyl (C=O) groups is 1. The molecule has 1 heterocycles. The van der Waals surface area contributed by atoms with Gasteiger partial charge in [0, 0.05) is 20.1 Å². The maximum absolute atomic E-state index is 12.9. The third-order valence-corrected chi connectivity index (χ3v) is 5.99. The van der Waals surface area contributed by atoms with Crippen molar-refractivity contribution in [2.75, 3.05) is 26.9 Å². The molecule has 8 heteroatoms. The second-order valence-corrected chi connectivity index (χ2v) is 7.78. The molecule has 2 rings (SSSR count). The number of aryl methyl sites for hydroxylation is 2. The topological polar surface area (TPSA) is 93.1 Å². The first-order valence-corrected chi connectivity index (χ1v) is 9.14. The molecule has 1 saturated heterocycles. The van der Waals surface area contributed by atoms with E-state index in [2.05, 4.69) is 0 Å². The van der Waals surface area contributed by atoms with Gasteiger partial charge in [0.25, 0.3) is 0 Å². The van der Waals surface area contributed by atoms with E-state index in [-0.39, 0.29) is 31.1 Å². The number of sulfonamides is 1. The summed E-state index contributed by atoms with van der Waals surface area (Å²) >= 11 is 0. The summed E-state index contributed by atoms with van der Waals surface area (Å²) in [5.74, 6) is -0.670. The van der Waals surface area contributed by atoms with Crippen molar-refractivity contribution in [3.05, 3.63) is 29.3 Å². The molecule has 1 fully saturated rings. The number of aliphatic hydroxyl groups excluding tert-OH is 1. The van der Waals surface area contributed by atoms with Crippen LogP contribution in [0.4, 0.5) is 0 Å². The van der Waals surface area contributed by atoms with E-state index in [0.717, 1.165) is 15.4 Å². The van der Waals surface area contributed by atoms with Gasteiger partial charge in [0.05, 0.1) is 17.6 Å². The van der Waals surface area contributed by atoms with Crippen LogP contribution in [-0.4, -0.2) is 62.8 Å². The Morgan fingerprint density at radius 3 is 2.62 bits per heavy atom. The molecule has 0 amide bonds. The van der Waals surface area contributed by atoms with Crippen LogP contribution in [0.2, 0.25) is 0 Å². The number of benzene rings is 1. The molecule has 0 radical (unpaired) electrons. The number of rotatable bonds is 6. The standard InChI is InChI=1S/C16H23NO6S/c1-11-4-5-14(8-12(11)2)24(20,21)17-10-13(18)9-15(17)16(19)23-7-6-22-3/h4-5,8,13,15,18H,6-7,9-10H2,1-3H3/t13?,15-/m0/s1. The Balaban J connectivity index is 2.25. The van der Waals surface area contributed by atoms with E-state index in [9.17, 15) is 18.3 Å². The number of nitrogens with zero attached hydrogens (tertiary/aromatic N) is 1. The number of hydrogen-bond donors (Lipinski definition) is 1. The molecular weight excluding hydrogens is 334 g/mol. The van der Waals surface area contributed by atoms with Gasteiger partial charge < -0.3 is 14.6 Å². The van der Waals surface area contributed by atoms with Crippen LogP contribution in [0.5, 0.6) is 0 Å². The number of ether oxygens (including phenoxy) is 2. The highest BCUT2D eigenvalue weighted by Crippen LogP contribution is 2.28. The van der Waals surface area contributed by atoms with Gasteiger partial charge in [-0.3, -0.25) is 4.79 Å². The number of aliphatic hydroxyl groups is 1. The lowest BCUT2D eigenvalue weighted by atomic mass is 10.1. The molecule has 0 aromatic heterocycles. The molecule has 134 valence electrons. The summed E-state index contributed by atoms with van der Waals surface area (Å²) in [5, 5.41) is 9.86. The lowest BCUT2D eigenvalue weighted by Crippen LogP contribution is -2.41. The van der Waals surface area contributed by atoms with Crippen LogP contribution in [0, 0.1) is 13.8 Å². The molecule has 0 bridgehead atoms. The highest BCUT2D eigenvalue weighted by molar-refractivity contribution is 7.89. The largest absolute Gasteiger partial charge is 0.462 e. The molecule has 24 heavy (non-hydrogen) atoms. The van der Waals surface area contributed by atoms with Crippen molar-refractivity contribution < 1.29 is 27.8 Å². The lowest BCUT2D eigenvalue weighted by molar-refractivity contribution is -0.148. The first kappa shape index (κ1) is 18.9. The molecule has 1 aromatic carbocycles. The van der Waals surface area contributed by atoms with Gasteiger partial charge in [0.1, 0.15) is 12.6 Å². The molecule has 1 aliphatic rings. The normalized spacial score (nSPS) is 21.8. The van der Waals surface area contributed by atoms with Crippen molar-refractivity contribution in [3.8, 4) is 0 Å². The number of carbonyl (C=O) groups excluding carboxylic acids is 1. The van der Waals surface area contributed by atoms with Crippen molar-refractivity contribution in [2.45, 2.75) is 37.3 Å². The average Bonchev–Trinajstić information content (AvgIpc) is 2.93. The molecule has 2 atom stereocenters. The molecule has 1 aliphatic heterocycles. The van der Waals surface area contributed by atoms with E-state index < -0.39 is 28.1 Å². The van der Waals surface area contributed by atoms with Gasteiger partial charge in [0.15, 0.2) is 0 Å². The molecular formula is C16H23NO6S. The third kappa shape index (κ3) is 3.94. The van der Waals surface area contributed by atoms with Gasteiger partial charge in [-0.1, -0.05) is 6.07 Å². The number of hydrogen-bond acceptors (Lipinski definition) is 6. The highest BCUT2D eigenvalue weighted by atomic mass is 32.2. The Bertz CT molecular complexity index is 703. The molecule has 1 unspecified atom stereocenters. The monoisotopic (exact) mass is 357 g/mol. The highest BCUT2D eigenvalue weighted by Gasteiger charge is 2.44. The smallest absolute Gasteiger partial charge is 0.324 e. The van der Waals surface area contributed by atoms with Crippen LogP contribution in [-0.2, 0) is 24.3 Å². The second kappa shape index (κ2) is 7.60. The van der Waals surface area contributed by atoms with Crippen LogP contribution in [0.15, 0.2) is 23.1 Å². The second-order valence-electron chi connectivity index (χ2n) is 5.89. The fraction of sp³-hybridized carbons (Fsp3) is 0.562. The zero-order valence-electron chi connectivity index (χ0n) is 14.1. The summed E-state index contributed by atoms with van der Waals surface area (Å²) in [6, 6.07) is 3.78. The molecule has 0 aliphatic carbocycles. The average molecular weight is 357 g/mol. The Hall–Kier alpha value is -1.48. The summed E-state index contributed by atoms with van der Waals surface area (Å²) in [6.45, 7) is 3.86. The lowest BCUT2D eigenvalue weighted by Gasteiger charge is -2.22. The number of methoxy groups -OCH3 is 1. The Morgan fingerprint density at radius 2 is 2.00 bits per heavy atom. The molecule has 0 saturated carbocycles. The zero-order valence-corrected chi connectivity index (χ0v) is 14.9. The quantitative estimate of drug-likeness (QED) is 0.592. The van der Waals surface area contributed by atoms with Crippen molar-refractivity contribution in [1.82, 2.24) is 4.31 Å². The Labute approximate surface area is 142 Å². The van der Waals surface area contributed by atoms with E-state index in [1.54, 1.807) is 12.1 Å². The van der Waals surface area contributed by atoms with E-state index in [0.29, 0.717) is 0 Å². The van der Waals surface area contributed by atoms with Gasteiger partial charge in [-0.2, -0.15) is 4.31 Å². The maximum Gasteiger partial charge on any atom is 0.324 e. The predicted molar refractivity (Wildman–Crippen MR) is 87.1 cm³/mol. The first-order chi connectivity index (χ1) is 11.3. The summed E-state index contributed by atoms with van der Waals surface area (Å²) in [5.41, 5.74) is 1.82. The zero-order chi connectivity index (χ0) is 17.9. The maximum atomic E-state index is 12.9. The predicted octanol–water partition coefficient (Wildman–Crippen LogP) is 0.617. The summed E-state index contributed by atoms with van der Waals surface area (Å²) in [7, 11) is -2.42. The summed E-state index contributed by atoms with van der Waals surface area (Å²) in [6.07, 6.45) is -0.873. The minimum Gasteiger partial charge on any atom is -0.462 e. The van der Waals surface area contributed by atoms with Crippen LogP contribution < -0.4 is 0 Å². The van der Waals surface area contributed by atoms with Gasteiger partial charge in [-0.15, -0.1) is 0 Å². The van der Waals surface area contributed by atoms with Gasteiger partial charge in [0.2, 0.25) is 10.0 Å². The minimum atomic E-state index is -3.89. The van der Waals surface area contributed by atoms with Crippen molar-refractivity contribution >= 4 is 16.0 Å². The van der Waals surface area contributed by atoms with Crippen LogP contribution >= 0.6 is 0 Å². The van der Waals surface area contributed by atoms with Gasteiger partial charge in [-0.05, 0) is 37.1 Å². The number of esters is 1. The fourth-order valence-corrected chi connectivity index (χ4v) is 4.31. The van der Waals surface area contributed by atoms with Crippen molar-refractivity contribution in [1.29, 1.82) is 0 Å². The first-order valence-electron chi connectivity index (χ1n) is 7.70. The van der Waals surface area contributed by atoms with Gasteiger partial charge in [-0.25, -0.2) is 8.42 Å². The molecule has 7 nitrogen and oxygen atoms in total. The van der Waals surface area contributed by atoms with Crippen molar-refractivity contribution in [3.63, 3.8) is 0 Å². The molecule has 0 spiro atoms. The molecule has 1 aromatic rings. The van der Waals surface area contributed by atoms with Crippen molar-refractivity contribution in [2.24, 2.45) is 0 Å². The van der Waals surface area contributed by atoms with E-state index in [1.807, 2.05) is 13.8 Å². The summed E-state index contributed by atoms with van der Waals surface area (Å²) < 4.78 is 36.6. The van der Waals surface area contributed by atoms with E-state index >= 15 is 0 Å². The van der Waals surface area contributed by atoms with E-state index in [4.69, 9.17) is 9.47 Å². The Kier molecular flexibility index (Phi) is 5.97. The van der Waals surface area contributed by atoms with Crippen LogP contribution in [0.1, 0.15) is 17.5 Å². The minimum absolute atomic E-state index is 0.0237. The summed E-state index contributed by atoms with van der Waals surface area (Å²) in [4.78, 5) is 12.3. The van der Waals surface area contributed by atoms with Gasteiger partial charge >= 0.3 is 5.97 Å². The fourth-order valence-electron chi connectivity index (χ4n) is 2.60. The van der Waals surface area contributed by atoms with E-state index in [1.165, 1.54) is 13.2 Å².